The number of hydrogen-bond donors (Lipinski definition) is 1. The van der Waals surface area contributed by atoms with Gasteiger partial charge in [-0.2, -0.15) is 16.4 Å². The van der Waals surface area contributed by atoms with Crippen LogP contribution in [0.2, 0.25) is 0 Å². The first-order valence-electron chi connectivity index (χ1n) is 6.20. The quantitative estimate of drug-likeness (QED) is 0.854. The molecule has 0 spiro atoms. The summed E-state index contributed by atoms with van der Waals surface area (Å²) in [4.78, 5) is 13.9. The smallest absolute Gasteiger partial charge is 0.268 e. The molecular weight excluding hydrogens is 260 g/mol. The normalized spacial score (nSPS) is 10.6. The lowest BCUT2D eigenvalue weighted by atomic mass is 10.2. The molecule has 0 saturated carbocycles. The standard InChI is InChI=1S/C13H18N4OS/c1-16(6-4-14)12-8-13(18)17(15-9-12)5-2-11-3-7-19-10-11/h3,7-10H,2,4-6,14H2,1H3. The first kappa shape index (κ1) is 13.8. The maximum Gasteiger partial charge on any atom is 0.268 e. The Hall–Kier alpha value is -1.66. The van der Waals surface area contributed by atoms with Crippen LogP contribution in [0.4, 0.5) is 5.69 Å². The Kier molecular flexibility index (Phi) is 4.70. The number of hydrogen-bond acceptors (Lipinski definition) is 5. The third-order valence-electron chi connectivity index (χ3n) is 2.95. The Balaban J connectivity index is 2.05. The zero-order valence-corrected chi connectivity index (χ0v) is 11.8. The Morgan fingerprint density at radius 3 is 3.00 bits per heavy atom. The number of anilines is 1. The zero-order valence-electron chi connectivity index (χ0n) is 11.0. The molecule has 2 aromatic heterocycles. The van der Waals surface area contributed by atoms with E-state index in [0.29, 0.717) is 19.6 Å². The summed E-state index contributed by atoms with van der Waals surface area (Å²) in [6, 6.07) is 3.68. The highest BCUT2D eigenvalue weighted by molar-refractivity contribution is 7.07. The average Bonchev–Trinajstić information content (AvgIpc) is 2.90. The number of aryl methyl sites for hydroxylation is 2. The van der Waals surface area contributed by atoms with Crippen molar-refractivity contribution in [1.82, 2.24) is 9.78 Å². The minimum Gasteiger partial charge on any atom is -0.372 e. The lowest BCUT2D eigenvalue weighted by Gasteiger charge is -2.17. The number of thiophene rings is 1. The summed E-state index contributed by atoms with van der Waals surface area (Å²) in [5, 5.41) is 8.34. The highest BCUT2D eigenvalue weighted by atomic mass is 32.1. The maximum absolute atomic E-state index is 12.0. The van der Waals surface area contributed by atoms with Gasteiger partial charge in [-0.05, 0) is 28.8 Å². The predicted molar refractivity (Wildman–Crippen MR) is 78.8 cm³/mol. The summed E-state index contributed by atoms with van der Waals surface area (Å²) in [5.74, 6) is 0. The van der Waals surface area contributed by atoms with Gasteiger partial charge in [-0.25, -0.2) is 4.68 Å². The summed E-state index contributed by atoms with van der Waals surface area (Å²) in [5.41, 5.74) is 7.47. The number of nitrogens with zero attached hydrogens (tertiary/aromatic N) is 3. The lowest BCUT2D eigenvalue weighted by molar-refractivity contribution is 0.578. The van der Waals surface area contributed by atoms with Gasteiger partial charge in [0.25, 0.3) is 5.56 Å². The van der Waals surface area contributed by atoms with Crippen molar-refractivity contribution >= 4 is 17.0 Å². The van der Waals surface area contributed by atoms with E-state index in [1.165, 1.54) is 10.2 Å². The molecule has 0 radical (unpaired) electrons. The Labute approximate surface area is 116 Å². The van der Waals surface area contributed by atoms with E-state index in [-0.39, 0.29) is 5.56 Å². The minimum atomic E-state index is -0.0726. The van der Waals surface area contributed by atoms with Gasteiger partial charge in [0.15, 0.2) is 0 Å². The van der Waals surface area contributed by atoms with Crippen molar-refractivity contribution in [3.8, 4) is 0 Å². The minimum absolute atomic E-state index is 0.0726. The van der Waals surface area contributed by atoms with Crippen LogP contribution in [-0.4, -0.2) is 29.9 Å². The Morgan fingerprint density at radius 1 is 1.53 bits per heavy atom. The summed E-state index contributed by atoms with van der Waals surface area (Å²) in [6.07, 6.45) is 2.54. The van der Waals surface area contributed by atoms with Gasteiger partial charge in [-0.1, -0.05) is 0 Å². The van der Waals surface area contributed by atoms with Gasteiger partial charge in [0.05, 0.1) is 11.9 Å². The SMILES string of the molecule is CN(CCN)c1cnn(CCc2ccsc2)c(=O)c1. The molecule has 5 nitrogen and oxygen atoms in total. The van der Waals surface area contributed by atoms with E-state index in [0.717, 1.165) is 12.1 Å². The molecular formula is C13H18N4OS. The van der Waals surface area contributed by atoms with Crippen LogP contribution in [-0.2, 0) is 13.0 Å². The van der Waals surface area contributed by atoms with Crippen LogP contribution in [0.3, 0.4) is 0 Å². The van der Waals surface area contributed by atoms with Crippen LogP contribution in [0.1, 0.15) is 5.56 Å². The van der Waals surface area contributed by atoms with E-state index in [2.05, 4.69) is 16.5 Å². The molecule has 0 saturated heterocycles. The van der Waals surface area contributed by atoms with Crippen LogP contribution in [0.5, 0.6) is 0 Å². The highest BCUT2D eigenvalue weighted by Gasteiger charge is 2.04. The van der Waals surface area contributed by atoms with Gasteiger partial charge in [-0.15, -0.1) is 0 Å². The maximum atomic E-state index is 12.0. The third kappa shape index (κ3) is 3.65. The second kappa shape index (κ2) is 6.49. The second-order valence-electron chi connectivity index (χ2n) is 4.37. The molecule has 0 aliphatic carbocycles. The van der Waals surface area contributed by atoms with E-state index >= 15 is 0 Å². The molecule has 0 bridgehead atoms. The van der Waals surface area contributed by atoms with E-state index in [4.69, 9.17) is 5.73 Å². The molecule has 2 N–H and O–H groups in total. The molecule has 0 aliphatic rings. The van der Waals surface area contributed by atoms with Crippen molar-refractivity contribution in [2.75, 3.05) is 25.0 Å². The van der Waals surface area contributed by atoms with Gasteiger partial charge in [0, 0.05) is 32.7 Å². The first-order valence-corrected chi connectivity index (χ1v) is 7.14. The molecule has 0 aliphatic heterocycles. The molecule has 0 atom stereocenters. The van der Waals surface area contributed by atoms with Crippen LogP contribution >= 0.6 is 11.3 Å². The molecule has 0 amide bonds. The molecule has 2 rings (SSSR count). The molecule has 102 valence electrons. The number of aromatic nitrogens is 2. The van der Waals surface area contributed by atoms with Crippen molar-refractivity contribution in [3.05, 3.63) is 45.0 Å². The van der Waals surface area contributed by atoms with E-state index in [1.807, 2.05) is 17.3 Å². The molecule has 2 aromatic rings. The van der Waals surface area contributed by atoms with Gasteiger partial charge in [-0.3, -0.25) is 4.79 Å². The molecule has 0 fully saturated rings. The Morgan fingerprint density at radius 2 is 2.37 bits per heavy atom. The fourth-order valence-electron chi connectivity index (χ4n) is 1.79. The van der Waals surface area contributed by atoms with Crippen LogP contribution in [0.25, 0.3) is 0 Å². The number of nitrogens with two attached hydrogens (primary N) is 1. The number of rotatable bonds is 6. The monoisotopic (exact) mass is 278 g/mol. The van der Waals surface area contributed by atoms with Crippen LogP contribution in [0, 0.1) is 0 Å². The topological polar surface area (TPSA) is 64.2 Å². The fourth-order valence-corrected chi connectivity index (χ4v) is 2.50. The van der Waals surface area contributed by atoms with Gasteiger partial charge < -0.3 is 10.6 Å². The van der Waals surface area contributed by atoms with Crippen molar-refractivity contribution in [3.63, 3.8) is 0 Å². The van der Waals surface area contributed by atoms with Crippen molar-refractivity contribution in [2.45, 2.75) is 13.0 Å². The van der Waals surface area contributed by atoms with E-state index in [1.54, 1.807) is 23.6 Å². The van der Waals surface area contributed by atoms with E-state index in [9.17, 15) is 4.79 Å². The Bertz CT molecular complexity index is 564. The van der Waals surface area contributed by atoms with Gasteiger partial charge in [0.1, 0.15) is 0 Å². The van der Waals surface area contributed by atoms with E-state index < -0.39 is 0 Å². The third-order valence-corrected chi connectivity index (χ3v) is 3.68. The predicted octanol–water partition coefficient (Wildman–Crippen LogP) is 0.942. The molecule has 2 heterocycles. The van der Waals surface area contributed by atoms with Crippen molar-refractivity contribution in [2.24, 2.45) is 5.73 Å². The fraction of sp³-hybridized carbons (Fsp3) is 0.385. The zero-order chi connectivity index (χ0) is 13.7. The van der Waals surface area contributed by atoms with Crippen molar-refractivity contribution < 1.29 is 0 Å². The van der Waals surface area contributed by atoms with Gasteiger partial charge >= 0.3 is 0 Å². The largest absolute Gasteiger partial charge is 0.372 e. The summed E-state index contributed by atoms with van der Waals surface area (Å²) in [7, 11) is 1.90. The summed E-state index contributed by atoms with van der Waals surface area (Å²) in [6.45, 7) is 1.87. The molecule has 0 aromatic carbocycles. The number of likely N-dealkylation sites (N-methyl/N-ethyl adjacent to an activating group) is 1. The van der Waals surface area contributed by atoms with Crippen LogP contribution in [0.15, 0.2) is 33.9 Å². The molecule has 6 heteroatoms. The summed E-state index contributed by atoms with van der Waals surface area (Å²) < 4.78 is 1.50. The average molecular weight is 278 g/mol. The molecule has 0 unspecified atom stereocenters. The van der Waals surface area contributed by atoms with Crippen LogP contribution < -0.4 is 16.2 Å². The lowest BCUT2D eigenvalue weighted by Crippen LogP contribution is -2.29. The van der Waals surface area contributed by atoms with Gasteiger partial charge in [0.2, 0.25) is 0 Å². The molecule has 19 heavy (non-hydrogen) atoms. The summed E-state index contributed by atoms with van der Waals surface area (Å²) >= 11 is 1.66. The highest BCUT2D eigenvalue weighted by Crippen LogP contribution is 2.08. The first-order chi connectivity index (χ1) is 9.20. The van der Waals surface area contributed by atoms with Crippen molar-refractivity contribution in [1.29, 1.82) is 0 Å². The second-order valence-corrected chi connectivity index (χ2v) is 5.15.